The van der Waals surface area contributed by atoms with E-state index in [-0.39, 0.29) is 12.2 Å². The van der Waals surface area contributed by atoms with Crippen molar-refractivity contribution in [2.75, 3.05) is 55.6 Å². The van der Waals surface area contributed by atoms with Crippen LogP contribution in [0, 0.1) is 5.82 Å². The number of aromatic nitrogens is 2. The number of hydrogen-bond donors (Lipinski definition) is 5. The van der Waals surface area contributed by atoms with Gasteiger partial charge in [0.05, 0.1) is 11.4 Å². The molecule has 4 heterocycles. The molecule has 2 saturated heterocycles. The van der Waals surface area contributed by atoms with E-state index in [9.17, 15) is 24.2 Å². The molecule has 5 rings (SSSR count). The first-order chi connectivity index (χ1) is 17.4. The number of aliphatic hydroxyl groups is 1. The summed E-state index contributed by atoms with van der Waals surface area (Å²) in [7, 11) is 0. The number of fused-ring (bicyclic) bond motifs is 1. The third-order valence-corrected chi connectivity index (χ3v) is 6.46. The summed E-state index contributed by atoms with van der Waals surface area (Å²) >= 11 is 0. The van der Waals surface area contributed by atoms with Gasteiger partial charge in [-0.3, -0.25) is 14.0 Å². The van der Waals surface area contributed by atoms with Gasteiger partial charge in [0.2, 0.25) is 5.75 Å². The number of aromatic hydroxyl groups is 1. The molecule has 2 aromatic heterocycles. The van der Waals surface area contributed by atoms with Gasteiger partial charge in [0, 0.05) is 58.6 Å². The number of nitrogens with one attached hydrogen (secondary N) is 3. The lowest BCUT2D eigenvalue weighted by Gasteiger charge is -2.36. The average molecular weight is 498 g/mol. The zero-order valence-corrected chi connectivity index (χ0v) is 19.6. The fraction of sp³-hybridized carbons (Fsp3) is 0.375. The minimum absolute atomic E-state index is 0.0604. The highest BCUT2D eigenvalue weighted by molar-refractivity contribution is 5.95. The molecule has 2 fully saturated rings. The van der Waals surface area contributed by atoms with Gasteiger partial charge in [0.25, 0.3) is 5.91 Å². The van der Waals surface area contributed by atoms with Crippen molar-refractivity contribution < 1.29 is 19.4 Å². The maximum atomic E-state index is 13.2. The molecule has 2 aliphatic heterocycles. The minimum atomic E-state index is -0.859. The molecule has 190 valence electrons. The van der Waals surface area contributed by atoms with Crippen LogP contribution in [0.2, 0.25) is 0 Å². The molecule has 1 unspecified atom stereocenters. The van der Waals surface area contributed by atoms with Gasteiger partial charge >= 0.3 is 5.56 Å². The molecule has 1 atom stereocenters. The number of carbonyl (C=O) groups excluding carboxylic acids is 1. The Morgan fingerprint density at radius 3 is 2.58 bits per heavy atom. The van der Waals surface area contributed by atoms with Crippen molar-refractivity contribution in [1.82, 2.24) is 25.3 Å². The number of anilines is 2. The van der Waals surface area contributed by atoms with Crippen molar-refractivity contribution in [2.45, 2.75) is 12.8 Å². The fourth-order valence-corrected chi connectivity index (χ4v) is 4.50. The van der Waals surface area contributed by atoms with Gasteiger partial charge in [-0.25, -0.2) is 9.37 Å². The van der Waals surface area contributed by atoms with Gasteiger partial charge in [-0.2, -0.15) is 0 Å². The summed E-state index contributed by atoms with van der Waals surface area (Å²) < 4.78 is 14.4. The van der Waals surface area contributed by atoms with Gasteiger partial charge < -0.3 is 36.0 Å². The topological polar surface area (TPSA) is 134 Å². The molecule has 0 saturated carbocycles. The van der Waals surface area contributed by atoms with Crippen LogP contribution in [0.4, 0.5) is 15.8 Å². The van der Waals surface area contributed by atoms with Gasteiger partial charge in [0.15, 0.2) is 11.3 Å². The molecule has 3 aromatic rings. The van der Waals surface area contributed by atoms with Crippen molar-refractivity contribution in [1.29, 1.82) is 0 Å². The summed E-state index contributed by atoms with van der Waals surface area (Å²) in [4.78, 5) is 34.4. The zero-order chi connectivity index (χ0) is 25.2. The molecule has 0 aliphatic carbocycles. The standard InChI is InChI=1S/C24H28FN7O4/c25-16-3-1-15(2-4-16)12-28-23(35)20-21(34)24(36)32-14-17(30-8-5-26-6-9-30)11-18(22(32)29-20)31-10-7-27-13-19(31)33/h1-4,11,14,19,26-27,33-34H,5-10,12-13H2,(H,28,35). The molecule has 36 heavy (non-hydrogen) atoms. The Morgan fingerprint density at radius 2 is 1.86 bits per heavy atom. The number of nitrogens with zero attached hydrogens (tertiary/aromatic N) is 4. The number of aliphatic hydroxyl groups excluding tert-OH is 1. The molecule has 2 aliphatic rings. The molecule has 5 N–H and O–H groups in total. The van der Waals surface area contributed by atoms with E-state index in [4.69, 9.17) is 0 Å². The highest BCUT2D eigenvalue weighted by Gasteiger charge is 2.27. The number of carbonyl (C=O) groups is 1. The number of piperazine rings is 2. The van der Waals surface area contributed by atoms with E-state index in [1.54, 1.807) is 11.1 Å². The van der Waals surface area contributed by atoms with E-state index < -0.39 is 35.0 Å². The fourth-order valence-electron chi connectivity index (χ4n) is 4.50. The van der Waals surface area contributed by atoms with Crippen molar-refractivity contribution in [3.63, 3.8) is 0 Å². The van der Waals surface area contributed by atoms with E-state index in [2.05, 4.69) is 25.8 Å². The first kappa shape index (κ1) is 24.0. The minimum Gasteiger partial charge on any atom is -0.501 e. The number of β-amino-alcohol motifs (C(OH)–C–C–N with tert-alkyl or cyclic N) is 1. The van der Waals surface area contributed by atoms with Crippen LogP contribution in [0.15, 0.2) is 41.3 Å². The van der Waals surface area contributed by atoms with Crippen LogP contribution in [-0.2, 0) is 6.54 Å². The highest BCUT2D eigenvalue weighted by Crippen LogP contribution is 2.29. The van der Waals surface area contributed by atoms with Gasteiger partial charge in [-0.05, 0) is 23.8 Å². The Bertz CT molecular complexity index is 1320. The monoisotopic (exact) mass is 497 g/mol. The molecule has 1 aromatic carbocycles. The van der Waals surface area contributed by atoms with Crippen molar-refractivity contribution in [3.8, 4) is 5.75 Å². The van der Waals surface area contributed by atoms with Crippen LogP contribution in [0.5, 0.6) is 5.75 Å². The van der Waals surface area contributed by atoms with Crippen LogP contribution < -0.4 is 31.3 Å². The lowest BCUT2D eigenvalue weighted by Crippen LogP contribution is -2.51. The molecule has 11 nitrogen and oxygen atoms in total. The summed E-state index contributed by atoms with van der Waals surface area (Å²) in [6, 6.07) is 7.47. The molecular weight excluding hydrogens is 469 g/mol. The molecule has 0 spiro atoms. The van der Waals surface area contributed by atoms with Crippen molar-refractivity contribution >= 4 is 22.9 Å². The quantitative estimate of drug-likeness (QED) is 0.319. The van der Waals surface area contributed by atoms with Gasteiger partial charge in [-0.15, -0.1) is 0 Å². The molecule has 0 radical (unpaired) electrons. The number of rotatable bonds is 5. The average Bonchev–Trinajstić information content (AvgIpc) is 2.90. The Labute approximate surface area is 206 Å². The molecular formula is C24H28FN7O4. The normalized spacial score (nSPS) is 18.4. The summed E-state index contributed by atoms with van der Waals surface area (Å²) in [5.41, 5.74) is 0.848. The second kappa shape index (κ2) is 10.1. The van der Waals surface area contributed by atoms with Crippen LogP contribution in [0.3, 0.4) is 0 Å². The number of benzene rings is 1. The second-order valence-corrected chi connectivity index (χ2v) is 8.82. The Morgan fingerprint density at radius 1 is 1.14 bits per heavy atom. The first-order valence-corrected chi connectivity index (χ1v) is 11.9. The third kappa shape index (κ3) is 4.70. The number of hydrogen-bond acceptors (Lipinski definition) is 9. The largest absolute Gasteiger partial charge is 0.501 e. The van der Waals surface area contributed by atoms with E-state index in [0.717, 1.165) is 31.9 Å². The van der Waals surface area contributed by atoms with Crippen LogP contribution in [0.25, 0.3) is 5.65 Å². The lowest BCUT2D eigenvalue weighted by molar-refractivity contribution is 0.0942. The van der Waals surface area contributed by atoms with E-state index in [1.165, 1.54) is 28.7 Å². The van der Waals surface area contributed by atoms with Crippen molar-refractivity contribution in [3.05, 3.63) is 64.0 Å². The van der Waals surface area contributed by atoms with E-state index in [0.29, 0.717) is 30.9 Å². The molecule has 12 heteroatoms. The number of pyridine rings is 1. The highest BCUT2D eigenvalue weighted by atomic mass is 19.1. The van der Waals surface area contributed by atoms with Crippen LogP contribution in [-0.4, -0.2) is 77.5 Å². The summed E-state index contributed by atoms with van der Waals surface area (Å²) in [6.07, 6.45) is 0.746. The van der Waals surface area contributed by atoms with Gasteiger partial charge in [0.1, 0.15) is 12.0 Å². The summed E-state index contributed by atoms with van der Waals surface area (Å²) in [5, 5.41) is 30.4. The van der Waals surface area contributed by atoms with E-state index >= 15 is 0 Å². The lowest BCUT2D eigenvalue weighted by atomic mass is 10.2. The Kier molecular flexibility index (Phi) is 6.72. The van der Waals surface area contributed by atoms with Gasteiger partial charge in [-0.1, -0.05) is 12.1 Å². The van der Waals surface area contributed by atoms with E-state index in [1.807, 2.05) is 6.07 Å². The number of halogens is 1. The van der Waals surface area contributed by atoms with Crippen LogP contribution in [0.1, 0.15) is 16.1 Å². The molecule has 1 amide bonds. The van der Waals surface area contributed by atoms with Crippen molar-refractivity contribution in [2.24, 2.45) is 0 Å². The predicted molar refractivity (Wildman–Crippen MR) is 132 cm³/mol. The maximum Gasteiger partial charge on any atom is 0.301 e. The SMILES string of the molecule is O=C(NCc1ccc(F)cc1)c1nc2c(N3CCNCC3O)cc(N3CCNCC3)cn2c(=O)c1O. The number of amides is 1. The first-order valence-electron chi connectivity index (χ1n) is 11.9. The summed E-state index contributed by atoms with van der Waals surface area (Å²) in [5.74, 6) is -1.91. The zero-order valence-electron chi connectivity index (χ0n) is 19.6. The summed E-state index contributed by atoms with van der Waals surface area (Å²) in [6.45, 7) is 4.51. The molecule has 0 bridgehead atoms. The Balaban J connectivity index is 1.57. The Hall–Kier alpha value is -3.74. The second-order valence-electron chi connectivity index (χ2n) is 8.82. The van der Waals surface area contributed by atoms with Crippen LogP contribution >= 0.6 is 0 Å². The maximum absolute atomic E-state index is 13.2. The smallest absolute Gasteiger partial charge is 0.301 e. The predicted octanol–water partition coefficient (Wildman–Crippen LogP) is -0.393. The third-order valence-electron chi connectivity index (χ3n) is 6.46.